The first-order valence-corrected chi connectivity index (χ1v) is 8.12. The van der Waals surface area contributed by atoms with Crippen molar-refractivity contribution in [2.45, 2.75) is 13.1 Å². The Bertz CT molecular complexity index is 691. The van der Waals surface area contributed by atoms with Gasteiger partial charge >= 0.3 is 0 Å². The second-order valence-corrected chi connectivity index (χ2v) is 6.50. The summed E-state index contributed by atoms with van der Waals surface area (Å²) in [6.45, 7) is 1.04. The van der Waals surface area contributed by atoms with Crippen LogP contribution in [0.5, 0.6) is 0 Å². The molecule has 8 heteroatoms. The van der Waals surface area contributed by atoms with Crippen molar-refractivity contribution in [1.29, 1.82) is 0 Å². The van der Waals surface area contributed by atoms with Gasteiger partial charge in [0.05, 0.1) is 18.0 Å². The molecule has 0 saturated heterocycles. The number of amides is 1. The van der Waals surface area contributed by atoms with E-state index in [2.05, 4.69) is 5.32 Å². The van der Waals surface area contributed by atoms with E-state index in [-0.39, 0.29) is 18.1 Å². The number of hydrogen-bond donors (Lipinski definition) is 1. The van der Waals surface area contributed by atoms with Gasteiger partial charge in [0.25, 0.3) is 5.69 Å². The van der Waals surface area contributed by atoms with Gasteiger partial charge in [-0.3, -0.25) is 19.8 Å². The summed E-state index contributed by atoms with van der Waals surface area (Å²) in [6.07, 6.45) is 0. The van der Waals surface area contributed by atoms with Gasteiger partial charge in [0, 0.05) is 28.6 Å². The predicted octanol–water partition coefficient (Wildman–Crippen LogP) is 3.06. The third-order valence-electron chi connectivity index (χ3n) is 3.13. The highest BCUT2D eigenvalue weighted by Gasteiger charge is 2.13. The first-order chi connectivity index (χ1) is 11.0. The van der Waals surface area contributed by atoms with E-state index in [1.807, 2.05) is 17.5 Å². The molecule has 0 saturated carbocycles. The summed E-state index contributed by atoms with van der Waals surface area (Å²) in [4.78, 5) is 25.1. The average Bonchev–Trinajstić information content (AvgIpc) is 3.00. The Balaban J connectivity index is 1.88. The quantitative estimate of drug-likeness (QED) is 0.613. The van der Waals surface area contributed by atoms with Crippen molar-refractivity contribution >= 4 is 34.5 Å². The van der Waals surface area contributed by atoms with E-state index in [0.717, 1.165) is 4.88 Å². The van der Waals surface area contributed by atoms with E-state index in [0.29, 0.717) is 23.7 Å². The summed E-state index contributed by atoms with van der Waals surface area (Å²) in [5.74, 6) is -0.109. The number of nitro groups is 1. The maximum absolute atomic E-state index is 11.9. The van der Waals surface area contributed by atoms with Crippen LogP contribution in [0.25, 0.3) is 0 Å². The van der Waals surface area contributed by atoms with Crippen molar-refractivity contribution < 1.29 is 9.72 Å². The summed E-state index contributed by atoms with van der Waals surface area (Å²) in [6, 6.07) is 8.18. The van der Waals surface area contributed by atoms with Gasteiger partial charge in [-0.1, -0.05) is 17.7 Å². The van der Waals surface area contributed by atoms with Crippen molar-refractivity contribution in [3.05, 3.63) is 61.3 Å². The number of rotatable bonds is 7. The first-order valence-electron chi connectivity index (χ1n) is 6.86. The third-order valence-corrected chi connectivity index (χ3v) is 4.38. The normalized spacial score (nSPS) is 10.7. The number of benzene rings is 1. The molecule has 0 fully saturated rings. The lowest BCUT2D eigenvalue weighted by molar-refractivity contribution is -0.384. The van der Waals surface area contributed by atoms with E-state index in [4.69, 9.17) is 11.6 Å². The fraction of sp³-hybridized carbons (Fsp3) is 0.267. The predicted molar refractivity (Wildman–Crippen MR) is 90.6 cm³/mol. The van der Waals surface area contributed by atoms with E-state index in [1.54, 1.807) is 23.3 Å². The second-order valence-electron chi connectivity index (χ2n) is 5.06. The first kappa shape index (κ1) is 17.4. The summed E-state index contributed by atoms with van der Waals surface area (Å²) < 4.78 is 0. The number of nitro benzene ring substituents is 1. The lowest BCUT2D eigenvalue weighted by Crippen LogP contribution is -2.34. The smallest absolute Gasteiger partial charge is 0.269 e. The van der Waals surface area contributed by atoms with E-state index < -0.39 is 4.92 Å². The summed E-state index contributed by atoms with van der Waals surface area (Å²) in [5.41, 5.74) is 0.606. The Labute approximate surface area is 142 Å². The number of thiophene rings is 1. The van der Waals surface area contributed by atoms with Gasteiger partial charge in [0.15, 0.2) is 0 Å². The van der Waals surface area contributed by atoms with Crippen LogP contribution in [0.3, 0.4) is 0 Å². The fourth-order valence-electron chi connectivity index (χ4n) is 2.04. The number of carbonyl (C=O) groups excluding carboxylic acids is 1. The molecule has 0 aliphatic heterocycles. The molecule has 1 N–H and O–H groups in total. The van der Waals surface area contributed by atoms with Crippen LogP contribution in [0.4, 0.5) is 5.69 Å². The molecule has 2 aromatic rings. The largest absolute Gasteiger partial charge is 0.350 e. The monoisotopic (exact) mass is 353 g/mol. The van der Waals surface area contributed by atoms with Crippen LogP contribution in [-0.4, -0.2) is 29.3 Å². The molecule has 1 aromatic carbocycles. The van der Waals surface area contributed by atoms with Crippen molar-refractivity contribution in [2.24, 2.45) is 0 Å². The van der Waals surface area contributed by atoms with Crippen molar-refractivity contribution in [1.82, 2.24) is 10.2 Å². The lowest BCUT2D eigenvalue weighted by Gasteiger charge is -2.17. The van der Waals surface area contributed by atoms with Crippen LogP contribution < -0.4 is 5.32 Å². The van der Waals surface area contributed by atoms with E-state index in [9.17, 15) is 14.9 Å². The molecule has 0 aliphatic carbocycles. The Hall–Kier alpha value is -1.96. The number of hydrogen-bond acceptors (Lipinski definition) is 5. The molecule has 1 amide bonds. The zero-order valence-corrected chi connectivity index (χ0v) is 14.1. The number of carbonyl (C=O) groups is 1. The zero-order valence-electron chi connectivity index (χ0n) is 12.5. The highest BCUT2D eigenvalue weighted by atomic mass is 35.5. The number of halogens is 1. The maximum Gasteiger partial charge on any atom is 0.269 e. The molecule has 0 atom stereocenters. The van der Waals surface area contributed by atoms with Gasteiger partial charge in [-0.15, -0.1) is 11.3 Å². The SMILES string of the molecule is CN(CC(=O)NCc1cccs1)Cc1cc([N+](=O)[O-])ccc1Cl. The Morgan fingerprint density at radius 1 is 1.43 bits per heavy atom. The minimum atomic E-state index is -0.465. The highest BCUT2D eigenvalue weighted by molar-refractivity contribution is 7.09. The summed E-state index contributed by atoms with van der Waals surface area (Å²) in [5, 5.41) is 16.0. The summed E-state index contributed by atoms with van der Waals surface area (Å²) >= 11 is 7.64. The molecular formula is C15H16ClN3O3S. The van der Waals surface area contributed by atoms with Gasteiger partial charge < -0.3 is 5.32 Å². The van der Waals surface area contributed by atoms with E-state index in [1.165, 1.54) is 18.2 Å². The molecule has 2 rings (SSSR count). The molecule has 0 bridgehead atoms. The van der Waals surface area contributed by atoms with Gasteiger partial charge in [-0.25, -0.2) is 0 Å². The molecule has 6 nitrogen and oxygen atoms in total. The number of nitrogens with one attached hydrogen (secondary N) is 1. The molecular weight excluding hydrogens is 338 g/mol. The maximum atomic E-state index is 11.9. The highest BCUT2D eigenvalue weighted by Crippen LogP contribution is 2.23. The van der Waals surface area contributed by atoms with Gasteiger partial charge in [-0.05, 0) is 30.1 Å². The molecule has 23 heavy (non-hydrogen) atoms. The molecule has 122 valence electrons. The van der Waals surface area contributed by atoms with Gasteiger partial charge in [0.1, 0.15) is 0 Å². The van der Waals surface area contributed by atoms with Crippen LogP contribution in [0.2, 0.25) is 5.02 Å². The van der Waals surface area contributed by atoms with Crippen molar-refractivity contribution in [2.75, 3.05) is 13.6 Å². The van der Waals surface area contributed by atoms with Gasteiger partial charge in [0.2, 0.25) is 5.91 Å². The fourth-order valence-corrected chi connectivity index (χ4v) is 2.86. The van der Waals surface area contributed by atoms with E-state index >= 15 is 0 Å². The Morgan fingerprint density at radius 2 is 2.22 bits per heavy atom. The third kappa shape index (κ3) is 5.31. The van der Waals surface area contributed by atoms with Crippen molar-refractivity contribution in [3.8, 4) is 0 Å². The van der Waals surface area contributed by atoms with Gasteiger partial charge in [-0.2, -0.15) is 0 Å². The number of nitrogens with zero attached hydrogens (tertiary/aromatic N) is 2. The zero-order chi connectivity index (χ0) is 16.8. The number of likely N-dealkylation sites (N-methyl/N-ethyl adjacent to an activating group) is 1. The minimum absolute atomic E-state index is 0.0139. The lowest BCUT2D eigenvalue weighted by atomic mass is 10.2. The minimum Gasteiger partial charge on any atom is -0.350 e. The standard InChI is InChI=1S/C15H16ClN3O3S/c1-18(10-15(20)17-8-13-3-2-6-23-13)9-11-7-12(19(21)22)4-5-14(11)16/h2-7H,8-10H2,1H3,(H,17,20). The Morgan fingerprint density at radius 3 is 2.87 bits per heavy atom. The molecule has 0 spiro atoms. The van der Waals surface area contributed by atoms with Crippen LogP contribution in [0.1, 0.15) is 10.4 Å². The second kappa shape index (κ2) is 8.05. The van der Waals surface area contributed by atoms with Crippen LogP contribution >= 0.6 is 22.9 Å². The van der Waals surface area contributed by atoms with Crippen LogP contribution in [-0.2, 0) is 17.9 Å². The Kier molecular flexibility index (Phi) is 6.09. The summed E-state index contributed by atoms with van der Waals surface area (Å²) in [7, 11) is 1.76. The van der Waals surface area contributed by atoms with Crippen LogP contribution in [0.15, 0.2) is 35.7 Å². The molecule has 0 radical (unpaired) electrons. The van der Waals surface area contributed by atoms with Crippen LogP contribution in [0, 0.1) is 10.1 Å². The molecule has 0 unspecified atom stereocenters. The average molecular weight is 354 g/mol. The molecule has 0 aliphatic rings. The number of non-ortho nitro benzene ring substituents is 1. The molecule has 1 heterocycles. The topological polar surface area (TPSA) is 75.5 Å². The molecule has 1 aromatic heterocycles. The van der Waals surface area contributed by atoms with Crippen molar-refractivity contribution in [3.63, 3.8) is 0 Å².